The van der Waals surface area contributed by atoms with E-state index in [1.165, 1.54) is 16.7 Å². The van der Waals surface area contributed by atoms with Crippen molar-refractivity contribution in [3.05, 3.63) is 65.2 Å². The van der Waals surface area contributed by atoms with Gasteiger partial charge >= 0.3 is 6.03 Å². The summed E-state index contributed by atoms with van der Waals surface area (Å²) >= 11 is 0. The maximum atomic E-state index is 12.3. The summed E-state index contributed by atoms with van der Waals surface area (Å²) < 4.78 is 0. The SMILES string of the molecule is Cc1ccc(CCNC(=O)N2CCc3ccccc32)cc1. The molecule has 3 rings (SSSR count). The number of para-hydroxylation sites is 1. The van der Waals surface area contributed by atoms with Gasteiger partial charge in [-0.25, -0.2) is 4.79 Å². The first-order valence-electron chi connectivity index (χ1n) is 7.43. The lowest BCUT2D eigenvalue weighted by Gasteiger charge is -2.18. The molecule has 108 valence electrons. The van der Waals surface area contributed by atoms with E-state index in [1.54, 1.807) is 0 Å². The van der Waals surface area contributed by atoms with E-state index >= 15 is 0 Å². The van der Waals surface area contributed by atoms with Crippen LogP contribution >= 0.6 is 0 Å². The summed E-state index contributed by atoms with van der Waals surface area (Å²) in [6, 6.07) is 16.6. The number of benzene rings is 2. The van der Waals surface area contributed by atoms with E-state index in [2.05, 4.69) is 42.6 Å². The second-order valence-electron chi connectivity index (χ2n) is 5.50. The number of carbonyl (C=O) groups excluding carboxylic acids is 1. The molecule has 21 heavy (non-hydrogen) atoms. The Balaban J connectivity index is 1.54. The molecule has 1 heterocycles. The number of urea groups is 1. The van der Waals surface area contributed by atoms with Crippen molar-refractivity contribution in [2.24, 2.45) is 0 Å². The molecule has 3 nitrogen and oxygen atoms in total. The molecular formula is C18H20N2O. The van der Waals surface area contributed by atoms with Crippen LogP contribution in [0.1, 0.15) is 16.7 Å². The molecule has 2 amide bonds. The Morgan fingerprint density at radius 3 is 2.71 bits per heavy atom. The Hall–Kier alpha value is -2.29. The molecule has 0 saturated heterocycles. The molecule has 0 aromatic heterocycles. The van der Waals surface area contributed by atoms with Gasteiger partial charge in [0, 0.05) is 18.8 Å². The number of amides is 2. The second-order valence-corrected chi connectivity index (χ2v) is 5.50. The normalized spacial score (nSPS) is 13.1. The molecule has 0 aliphatic carbocycles. The Morgan fingerprint density at radius 2 is 1.90 bits per heavy atom. The van der Waals surface area contributed by atoms with Crippen molar-refractivity contribution in [1.29, 1.82) is 0 Å². The van der Waals surface area contributed by atoms with Crippen LogP contribution in [0.3, 0.4) is 0 Å². The molecule has 0 unspecified atom stereocenters. The monoisotopic (exact) mass is 280 g/mol. The van der Waals surface area contributed by atoms with E-state index in [9.17, 15) is 4.79 Å². The Kier molecular flexibility index (Phi) is 3.91. The number of aryl methyl sites for hydroxylation is 1. The maximum absolute atomic E-state index is 12.3. The largest absolute Gasteiger partial charge is 0.337 e. The summed E-state index contributed by atoms with van der Waals surface area (Å²) in [5, 5.41) is 3.02. The molecular weight excluding hydrogens is 260 g/mol. The highest BCUT2D eigenvalue weighted by atomic mass is 16.2. The number of rotatable bonds is 3. The zero-order valence-electron chi connectivity index (χ0n) is 12.3. The van der Waals surface area contributed by atoms with Crippen LogP contribution in [0, 0.1) is 6.92 Å². The summed E-state index contributed by atoms with van der Waals surface area (Å²) in [4.78, 5) is 14.1. The van der Waals surface area contributed by atoms with Gasteiger partial charge in [0.1, 0.15) is 0 Å². The van der Waals surface area contributed by atoms with Crippen molar-refractivity contribution in [3.63, 3.8) is 0 Å². The molecule has 2 aromatic carbocycles. The van der Waals surface area contributed by atoms with Gasteiger partial charge < -0.3 is 5.32 Å². The number of hydrogen-bond acceptors (Lipinski definition) is 1. The van der Waals surface area contributed by atoms with Gasteiger partial charge in [-0.2, -0.15) is 0 Å². The van der Waals surface area contributed by atoms with Gasteiger partial charge in [0.05, 0.1) is 0 Å². The molecule has 0 atom stereocenters. The summed E-state index contributed by atoms with van der Waals surface area (Å²) in [5.74, 6) is 0. The zero-order chi connectivity index (χ0) is 14.7. The van der Waals surface area contributed by atoms with Crippen molar-refractivity contribution in [2.45, 2.75) is 19.8 Å². The van der Waals surface area contributed by atoms with Crippen molar-refractivity contribution in [3.8, 4) is 0 Å². The highest BCUT2D eigenvalue weighted by Gasteiger charge is 2.23. The lowest BCUT2D eigenvalue weighted by molar-refractivity contribution is 0.247. The number of nitrogens with zero attached hydrogens (tertiary/aromatic N) is 1. The minimum Gasteiger partial charge on any atom is -0.337 e. The highest BCUT2D eigenvalue weighted by Crippen LogP contribution is 2.27. The summed E-state index contributed by atoms with van der Waals surface area (Å²) in [7, 11) is 0. The molecule has 1 N–H and O–H groups in total. The third-order valence-electron chi connectivity index (χ3n) is 3.94. The topological polar surface area (TPSA) is 32.3 Å². The summed E-state index contributed by atoms with van der Waals surface area (Å²) in [6.45, 7) is 3.52. The first-order chi connectivity index (χ1) is 10.2. The molecule has 1 aliphatic rings. The smallest absolute Gasteiger partial charge is 0.321 e. The molecule has 2 aromatic rings. The maximum Gasteiger partial charge on any atom is 0.321 e. The van der Waals surface area contributed by atoms with E-state index in [1.807, 2.05) is 23.1 Å². The fourth-order valence-electron chi connectivity index (χ4n) is 2.71. The number of anilines is 1. The minimum absolute atomic E-state index is 0.00654. The van der Waals surface area contributed by atoms with Gasteiger partial charge in [-0.1, -0.05) is 48.0 Å². The number of carbonyl (C=O) groups is 1. The fourth-order valence-corrected chi connectivity index (χ4v) is 2.71. The van der Waals surface area contributed by atoms with Crippen LogP contribution in [-0.2, 0) is 12.8 Å². The van der Waals surface area contributed by atoms with E-state index < -0.39 is 0 Å². The predicted octanol–water partition coefficient (Wildman–Crippen LogP) is 3.31. The van der Waals surface area contributed by atoms with Crippen molar-refractivity contribution < 1.29 is 4.79 Å². The Morgan fingerprint density at radius 1 is 1.14 bits per heavy atom. The van der Waals surface area contributed by atoms with Crippen molar-refractivity contribution >= 4 is 11.7 Å². The predicted molar refractivity (Wildman–Crippen MR) is 85.8 cm³/mol. The van der Waals surface area contributed by atoms with Gasteiger partial charge in [-0.05, 0) is 37.0 Å². The van der Waals surface area contributed by atoms with E-state index in [4.69, 9.17) is 0 Å². The van der Waals surface area contributed by atoms with Crippen LogP contribution < -0.4 is 10.2 Å². The third kappa shape index (κ3) is 3.07. The van der Waals surface area contributed by atoms with Crippen LogP contribution in [-0.4, -0.2) is 19.1 Å². The molecule has 3 heteroatoms. The van der Waals surface area contributed by atoms with Gasteiger partial charge in [0.2, 0.25) is 0 Å². The number of nitrogens with one attached hydrogen (secondary N) is 1. The van der Waals surface area contributed by atoms with Crippen LogP contribution in [0.5, 0.6) is 0 Å². The van der Waals surface area contributed by atoms with Gasteiger partial charge in [-0.3, -0.25) is 4.90 Å². The molecule has 0 bridgehead atoms. The van der Waals surface area contributed by atoms with Gasteiger partial charge in [0.25, 0.3) is 0 Å². The van der Waals surface area contributed by atoms with Crippen molar-refractivity contribution in [1.82, 2.24) is 5.32 Å². The highest BCUT2D eigenvalue weighted by molar-refractivity contribution is 5.94. The molecule has 0 saturated carbocycles. The molecule has 1 aliphatic heterocycles. The van der Waals surface area contributed by atoms with Gasteiger partial charge in [0.15, 0.2) is 0 Å². The first kappa shape index (κ1) is 13.7. The summed E-state index contributed by atoms with van der Waals surface area (Å²) in [5.41, 5.74) is 4.82. The average molecular weight is 280 g/mol. The zero-order valence-corrected chi connectivity index (χ0v) is 12.3. The average Bonchev–Trinajstić information content (AvgIpc) is 2.93. The van der Waals surface area contributed by atoms with E-state index in [0.717, 1.165) is 25.1 Å². The lowest BCUT2D eigenvalue weighted by atomic mass is 10.1. The first-order valence-corrected chi connectivity index (χ1v) is 7.43. The Labute approximate surface area is 125 Å². The Bertz CT molecular complexity index is 634. The number of hydrogen-bond donors (Lipinski definition) is 1. The van der Waals surface area contributed by atoms with Crippen LogP contribution in [0.4, 0.5) is 10.5 Å². The number of fused-ring (bicyclic) bond motifs is 1. The van der Waals surface area contributed by atoms with E-state index in [-0.39, 0.29) is 6.03 Å². The minimum atomic E-state index is 0.00654. The van der Waals surface area contributed by atoms with Gasteiger partial charge in [-0.15, -0.1) is 0 Å². The van der Waals surface area contributed by atoms with Crippen molar-refractivity contribution in [2.75, 3.05) is 18.0 Å². The summed E-state index contributed by atoms with van der Waals surface area (Å²) in [6.07, 6.45) is 1.81. The standard InChI is InChI=1S/C18H20N2O/c1-14-6-8-15(9-7-14)10-12-19-18(21)20-13-11-16-4-2-3-5-17(16)20/h2-9H,10-13H2,1H3,(H,19,21). The van der Waals surface area contributed by atoms with Crippen LogP contribution in [0.15, 0.2) is 48.5 Å². The quantitative estimate of drug-likeness (QED) is 0.919. The lowest BCUT2D eigenvalue weighted by Crippen LogP contribution is -2.39. The third-order valence-corrected chi connectivity index (χ3v) is 3.94. The van der Waals surface area contributed by atoms with Crippen LogP contribution in [0.25, 0.3) is 0 Å². The molecule has 0 radical (unpaired) electrons. The van der Waals surface area contributed by atoms with E-state index in [0.29, 0.717) is 6.54 Å². The van der Waals surface area contributed by atoms with Crippen LogP contribution in [0.2, 0.25) is 0 Å². The second kappa shape index (κ2) is 6.00. The molecule has 0 fully saturated rings. The fraction of sp³-hybridized carbons (Fsp3) is 0.278. The molecule has 0 spiro atoms.